The molecule has 0 amide bonds. The van der Waals surface area contributed by atoms with Gasteiger partial charge in [-0.25, -0.2) is 0 Å². The van der Waals surface area contributed by atoms with E-state index >= 15 is 0 Å². The van der Waals surface area contributed by atoms with Crippen LogP contribution in [0.15, 0.2) is 11.4 Å². The molecule has 0 spiro atoms. The Balaban J connectivity index is 2.93. The third kappa shape index (κ3) is 4.56. The Labute approximate surface area is 108 Å². The van der Waals surface area contributed by atoms with E-state index in [2.05, 4.69) is 0 Å². The molecule has 0 aliphatic carbocycles. The number of rotatable bonds is 4. The van der Waals surface area contributed by atoms with Crippen LogP contribution in [0.2, 0.25) is 0 Å². The fourth-order valence-electron chi connectivity index (χ4n) is 1.60. The first-order chi connectivity index (χ1) is 8.27. The van der Waals surface area contributed by atoms with Gasteiger partial charge in [0.1, 0.15) is 0 Å². The fraction of sp³-hybridized carbons (Fsp3) is 0.750. The predicted octanol–water partition coefficient (Wildman–Crippen LogP) is 3.11. The number of carbonyl (C=O) groups excluding carboxylic acids is 1. The second-order valence-electron chi connectivity index (χ2n) is 5.15. The van der Waals surface area contributed by atoms with Crippen LogP contribution < -0.4 is 0 Å². The Hall–Kier alpha value is -0.640. The first kappa shape index (κ1) is 15.4. The lowest BCUT2D eigenvalue weighted by Gasteiger charge is -2.19. The topological polar surface area (TPSA) is 61.8 Å². The molecule has 1 saturated heterocycles. The van der Waals surface area contributed by atoms with Gasteiger partial charge in [0.2, 0.25) is 0 Å². The van der Waals surface area contributed by atoms with Crippen LogP contribution in [0, 0.1) is 5.41 Å². The van der Waals surface area contributed by atoms with Gasteiger partial charge in [-0.05, 0) is 12.3 Å². The van der Waals surface area contributed by atoms with Crippen LogP contribution in [0.1, 0.15) is 34.1 Å². The number of carbonyl (C=O) groups is 1. The molecular formula is C12H21O5P. The van der Waals surface area contributed by atoms with Gasteiger partial charge in [-0.3, -0.25) is 9.36 Å². The van der Waals surface area contributed by atoms with Gasteiger partial charge < -0.3 is 13.8 Å². The molecule has 0 N–H and O–H groups in total. The molecule has 0 unspecified atom stereocenters. The quantitative estimate of drug-likeness (QED) is 0.583. The minimum Gasteiger partial charge on any atom is -0.466 e. The Morgan fingerprint density at radius 1 is 1.33 bits per heavy atom. The summed E-state index contributed by atoms with van der Waals surface area (Å²) < 4.78 is 27.7. The number of ether oxygens (including phenoxy) is 1. The van der Waals surface area contributed by atoms with Gasteiger partial charge >= 0.3 is 13.6 Å². The van der Waals surface area contributed by atoms with Gasteiger partial charge in [-0.2, -0.15) is 0 Å². The molecule has 0 aromatic heterocycles. The van der Waals surface area contributed by atoms with Crippen molar-refractivity contribution >= 4 is 13.6 Å². The van der Waals surface area contributed by atoms with Crippen molar-refractivity contribution in [1.29, 1.82) is 0 Å². The van der Waals surface area contributed by atoms with E-state index in [1.165, 1.54) is 0 Å². The van der Waals surface area contributed by atoms with E-state index in [1.54, 1.807) is 13.0 Å². The molecule has 1 rings (SSSR count). The molecule has 18 heavy (non-hydrogen) atoms. The lowest BCUT2D eigenvalue weighted by Crippen LogP contribution is -2.09. The third-order valence-electron chi connectivity index (χ3n) is 2.19. The van der Waals surface area contributed by atoms with Crippen molar-refractivity contribution in [2.45, 2.75) is 34.1 Å². The summed E-state index contributed by atoms with van der Waals surface area (Å²) in [4.78, 5) is 11.5. The molecule has 0 aromatic rings. The molecule has 1 heterocycles. The highest BCUT2D eigenvalue weighted by Gasteiger charge is 2.37. The SMILES string of the molecule is CCOC(=O)C/C(=C\C(C)(C)C)P1(=O)OCCO1. The summed E-state index contributed by atoms with van der Waals surface area (Å²) in [5.41, 5.74) is -0.214. The zero-order chi connectivity index (χ0) is 13.8. The van der Waals surface area contributed by atoms with Crippen LogP contribution in [0.4, 0.5) is 0 Å². The van der Waals surface area contributed by atoms with Gasteiger partial charge in [-0.15, -0.1) is 0 Å². The number of hydrogen-bond donors (Lipinski definition) is 0. The van der Waals surface area contributed by atoms with Crippen LogP contribution >= 0.6 is 7.60 Å². The molecule has 0 aromatic carbocycles. The molecule has 0 saturated carbocycles. The molecule has 1 aliphatic heterocycles. The normalized spacial score (nSPS) is 19.9. The van der Waals surface area contributed by atoms with E-state index in [4.69, 9.17) is 13.8 Å². The van der Waals surface area contributed by atoms with Crippen molar-refractivity contribution in [1.82, 2.24) is 0 Å². The van der Waals surface area contributed by atoms with Gasteiger partial charge in [-0.1, -0.05) is 26.8 Å². The van der Waals surface area contributed by atoms with E-state index in [1.807, 2.05) is 20.8 Å². The Morgan fingerprint density at radius 2 is 1.89 bits per heavy atom. The summed E-state index contributed by atoms with van der Waals surface area (Å²) in [7, 11) is -3.29. The standard InChI is InChI=1S/C12H21O5P/c1-5-15-11(13)8-10(9-12(2,3)4)18(14)16-6-7-17-18/h9H,5-8H2,1-4H3/b10-9+. The van der Waals surface area contributed by atoms with Crippen molar-refractivity contribution in [3.05, 3.63) is 11.4 Å². The molecule has 6 heteroatoms. The average molecular weight is 276 g/mol. The summed E-state index contributed by atoms with van der Waals surface area (Å²) in [5, 5.41) is 0.394. The van der Waals surface area contributed by atoms with Crippen LogP contribution in [-0.4, -0.2) is 25.8 Å². The van der Waals surface area contributed by atoms with Crippen LogP contribution in [-0.2, 0) is 23.1 Å². The Morgan fingerprint density at radius 3 is 2.33 bits per heavy atom. The first-order valence-electron chi connectivity index (χ1n) is 6.04. The number of allylic oxidation sites excluding steroid dienone is 1. The first-order valence-corrected chi connectivity index (χ1v) is 7.58. The molecule has 104 valence electrons. The Bertz CT molecular complexity index is 370. The minimum atomic E-state index is -3.29. The van der Waals surface area contributed by atoms with Gasteiger partial charge in [0, 0.05) is 5.31 Å². The maximum absolute atomic E-state index is 12.4. The molecule has 0 radical (unpaired) electrons. The minimum absolute atomic E-state index is 0.0532. The van der Waals surface area contributed by atoms with E-state index in [9.17, 15) is 9.36 Å². The summed E-state index contributed by atoms with van der Waals surface area (Å²) in [6, 6.07) is 0. The lowest BCUT2D eigenvalue weighted by molar-refractivity contribution is -0.142. The maximum Gasteiger partial charge on any atom is 0.357 e. The zero-order valence-corrected chi connectivity index (χ0v) is 12.3. The Kier molecular flexibility index (Phi) is 5.14. The maximum atomic E-state index is 12.4. The van der Waals surface area contributed by atoms with Gasteiger partial charge in [0.25, 0.3) is 0 Å². The monoisotopic (exact) mass is 276 g/mol. The highest BCUT2D eigenvalue weighted by molar-refractivity contribution is 7.58. The van der Waals surface area contributed by atoms with E-state index in [0.29, 0.717) is 25.1 Å². The highest BCUT2D eigenvalue weighted by Crippen LogP contribution is 2.60. The van der Waals surface area contributed by atoms with Gasteiger partial charge in [0.15, 0.2) is 0 Å². The smallest absolute Gasteiger partial charge is 0.357 e. The van der Waals surface area contributed by atoms with Crippen molar-refractivity contribution in [3.8, 4) is 0 Å². The second kappa shape index (κ2) is 6.00. The van der Waals surface area contributed by atoms with Crippen molar-refractivity contribution in [2.24, 2.45) is 5.41 Å². The largest absolute Gasteiger partial charge is 0.466 e. The number of hydrogen-bond acceptors (Lipinski definition) is 5. The van der Waals surface area contributed by atoms with Crippen molar-refractivity contribution in [3.63, 3.8) is 0 Å². The van der Waals surface area contributed by atoms with Crippen LogP contribution in [0.5, 0.6) is 0 Å². The van der Waals surface area contributed by atoms with Crippen LogP contribution in [0.3, 0.4) is 0 Å². The summed E-state index contributed by atoms with van der Waals surface area (Å²) in [6.45, 7) is 8.49. The molecule has 5 nitrogen and oxygen atoms in total. The van der Waals surface area contributed by atoms with E-state index in [-0.39, 0.29) is 11.8 Å². The zero-order valence-electron chi connectivity index (χ0n) is 11.4. The molecule has 1 fully saturated rings. The average Bonchev–Trinajstić information content (AvgIpc) is 2.64. The van der Waals surface area contributed by atoms with E-state index in [0.717, 1.165) is 0 Å². The molecular weight excluding hydrogens is 255 g/mol. The molecule has 0 bridgehead atoms. The van der Waals surface area contributed by atoms with Crippen LogP contribution in [0.25, 0.3) is 0 Å². The fourth-order valence-corrected chi connectivity index (χ4v) is 3.51. The lowest BCUT2D eigenvalue weighted by atomic mass is 9.96. The summed E-state index contributed by atoms with van der Waals surface area (Å²) in [5.74, 6) is -0.415. The molecule has 1 aliphatic rings. The van der Waals surface area contributed by atoms with Crippen molar-refractivity contribution < 1.29 is 23.1 Å². The van der Waals surface area contributed by atoms with Crippen molar-refractivity contribution in [2.75, 3.05) is 19.8 Å². The predicted molar refractivity (Wildman–Crippen MR) is 68.3 cm³/mol. The third-order valence-corrected chi connectivity index (χ3v) is 4.22. The number of esters is 1. The second-order valence-corrected chi connectivity index (χ2v) is 7.23. The van der Waals surface area contributed by atoms with Gasteiger partial charge in [0.05, 0.1) is 26.2 Å². The van der Waals surface area contributed by atoms with E-state index < -0.39 is 13.6 Å². The summed E-state index contributed by atoms with van der Waals surface area (Å²) >= 11 is 0. The molecule has 0 atom stereocenters. The summed E-state index contributed by atoms with van der Waals surface area (Å²) in [6.07, 6.45) is 1.72. The highest BCUT2D eigenvalue weighted by atomic mass is 31.2.